The molecule has 4 bridgehead atoms. The highest BCUT2D eigenvalue weighted by Gasteiger charge is 2.48. The van der Waals surface area contributed by atoms with Gasteiger partial charge in [0.25, 0.3) is 0 Å². The molecule has 2 N–H and O–H groups in total. The van der Waals surface area contributed by atoms with E-state index >= 15 is 0 Å². The standard InChI is InChI=1S/C14H19N3O.2ClH/c15-13-2-1-12(5-16-13)18-14-10-3-9-4-11(14)8-17(6-9)7-10;;/h1-2,5,9-11,14H,3-4,6-8H2,(H2,15,16);2*1H. The molecule has 5 rings (SSSR count). The highest BCUT2D eigenvalue weighted by Crippen LogP contribution is 2.44. The first-order chi connectivity index (χ1) is 8.78. The number of pyridine rings is 1. The summed E-state index contributed by atoms with van der Waals surface area (Å²) in [7, 11) is 0. The van der Waals surface area contributed by atoms with Crippen molar-refractivity contribution < 1.29 is 4.74 Å². The third kappa shape index (κ3) is 2.69. The van der Waals surface area contributed by atoms with Crippen LogP contribution in [-0.2, 0) is 0 Å². The van der Waals surface area contributed by atoms with Crippen LogP contribution in [0.4, 0.5) is 5.82 Å². The molecule has 4 fully saturated rings. The Kier molecular flexibility index (Phi) is 4.67. The van der Waals surface area contributed by atoms with E-state index in [-0.39, 0.29) is 24.8 Å². The van der Waals surface area contributed by atoms with E-state index in [9.17, 15) is 0 Å². The molecule has 2 unspecified atom stereocenters. The largest absolute Gasteiger partial charge is 0.488 e. The summed E-state index contributed by atoms with van der Waals surface area (Å²) >= 11 is 0. The van der Waals surface area contributed by atoms with Crippen LogP contribution >= 0.6 is 24.8 Å². The van der Waals surface area contributed by atoms with Crippen LogP contribution in [0.3, 0.4) is 0 Å². The molecule has 0 radical (unpaired) electrons. The molecule has 4 aliphatic rings. The second-order valence-electron chi connectivity index (χ2n) is 6.08. The highest BCUT2D eigenvalue weighted by atomic mass is 35.5. The average Bonchev–Trinajstić information content (AvgIpc) is 2.35. The van der Waals surface area contributed by atoms with Crippen molar-refractivity contribution in [3.8, 4) is 5.75 Å². The number of hydrogen-bond donors (Lipinski definition) is 1. The lowest BCUT2D eigenvalue weighted by Gasteiger charge is -2.55. The lowest BCUT2D eigenvalue weighted by atomic mass is 9.66. The number of ether oxygens (including phenoxy) is 1. The maximum Gasteiger partial charge on any atom is 0.138 e. The second kappa shape index (κ2) is 5.96. The number of rotatable bonds is 2. The van der Waals surface area contributed by atoms with Crippen molar-refractivity contribution in [2.75, 3.05) is 25.4 Å². The maximum atomic E-state index is 6.20. The van der Waals surface area contributed by atoms with Gasteiger partial charge in [-0.3, -0.25) is 0 Å². The Morgan fingerprint density at radius 3 is 2.35 bits per heavy atom. The zero-order valence-corrected chi connectivity index (χ0v) is 12.9. The number of hydrogen-bond acceptors (Lipinski definition) is 4. The van der Waals surface area contributed by atoms with E-state index < -0.39 is 0 Å². The van der Waals surface area contributed by atoms with Crippen LogP contribution in [0.5, 0.6) is 5.75 Å². The molecule has 0 amide bonds. The summed E-state index contributed by atoms with van der Waals surface area (Å²) in [6.45, 7) is 3.77. The van der Waals surface area contributed by atoms with Gasteiger partial charge in [0, 0.05) is 31.5 Å². The van der Waals surface area contributed by atoms with Crippen LogP contribution in [-0.4, -0.2) is 35.6 Å². The molecule has 2 atom stereocenters. The molecule has 6 heteroatoms. The van der Waals surface area contributed by atoms with Crippen molar-refractivity contribution in [3.63, 3.8) is 0 Å². The van der Waals surface area contributed by atoms with Crippen LogP contribution < -0.4 is 10.5 Å². The Hall–Kier alpha value is -0.710. The van der Waals surface area contributed by atoms with Crippen LogP contribution in [0.25, 0.3) is 0 Å². The molecule has 4 heterocycles. The van der Waals surface area contributed by atoms with Crippen molar-refractivity contribution in [3.05, 3.63) is 18.3 Å². The molecule has 4 nitrogen and oxygen atoms in total. The van der Waals surface area contributed by atoms with Crippen LogP contribution in [0.1, 0.15) is 12.8 Å². The van der Waals surface area contributed by atoms with E-state index in [1.165, 1.54) is 32.5 Å². The summed E-state index contributed by atoms with van der Waals surface area (Å²) in [5.41, 5.74) is 5.60. The summed E-state index contributed by atoms with van der Waals surface area (Å²) in [4.78, 5) is 6.72. The van der Waals surface area contributed by atoms with E-state index in [2.05, 4.69) is 9.88 Å². The number of nitrogens with zero attached hydrogens (tertiary/aromatic N) is 2. The van der Waals surface area contributed by atoms with Crippen molar-refractivity contribution in [1.29, 1.82) is 0 Å². The SMILES string of the molecule is Cl.Cl.Nc1ccc(OC2C3CC4CC2CN(C4)C3)cn1. The second-order valence-corrected chi connectivity index (χ2v) is 6.08. The van der Waals surface area contributed by atoms with Gasteiger partial charge in [-0.05, 0) is 30.9 Å². The number of nitrogen functional groups attached to an aromatic ring is 1. The van der Waals surface area contributed by atoms with E-state index in [1.807, 2.05) is 12.1 Å². The van der Waals surface area contributed by atoms with E-state index in [0.717, 1.165) is 11.7 Å². The Balaban J connectivity index is 0.000000735. The third-order valence-corrected chi connectivity index (χ3v) is 4.73. The number of anilines is 1. The third-order valence-electron chi connectivity index (χ3n) is 4.73. The van der Waals surface area contributed by atoms with Gasteiger partial charge in [0.15, 0.2) is 0 Å². The minimum Gasteiger partial charge on any atom is -0.488 e. The summed E-state index contributed by atoms with van der Waals surface area (Å²) < 4.78 is 6.20. The van der Waals surface area contributed by atoms with Gasteiger partial charge in [-0.25, -0.2) is 4.98 Å². The summed E-state index contributed by atoms with van der Waals surface area (Å²) in [6.07, 6.45) is 4.84. The Bertz CT molecular complexity index is 426. The number of halogens is 2. The maximum absolute atomic E-state index is 6.20. The first kappa shape index (κ1) is 15.7. The molecule has 0 aromatic carbocycles. The molecular formula is C14H21Cl2N3O. The lowest BCUT2D eigenvalue weighted by Crippen LogP contribution is -2.61. The number of aromatic nitrogens is 1. The van der Waals surface area contributed by atoms with Gasteiger partial charge in [0.05, 0.1) is 6.20 Å². The molecule has 3 saturated heterocycles. The summed E-state index contributed by atoms with van der Waals surface area (Å²) in [5.74, 6) is 3.78. The first-order valence-electron chi connectivity index (χ1n) is 6.88. The minimum absolute atomic E-state index is 0. The molecule has 3 aliphatic heterocycles. The van der Waals surface area contributed by atoms with Crippen LogP contribution in [0, 0.1) is 17.8 Å². The summed E-state index contributed by atoms with van der Waals surface area (Å²) in [5, 5.41) is 0. The predicted octanol–water partition coefficient (Wildman–Crippen LogP) is 2.23. The van der Waals surface area contributed by atoms with E-state index in [1.54, 1.807) is 6.20 Å². The van der Waals surface area contributed by atoms with E-state index in [0.29, 0.717) is 23.8 Å². The van der Waals surface area contributed by atoms with Crippen LogP contribution in [0.15, 0.2) is 18.3 Å². The van der Waals surface area contributed by atoms with Gasteiger partial charge in [-0.2, -0.15) is 0 Å². The van der Waals surface area contributed by atoms with Crippen molar-refractivity contribution in [1.82, 2.24) is 9.88 Å². The van der Waals surface area contributed by atoms with Gasteiger partial charge >= 0.3 is 0 Å². The number of nitrogens with two attached hydrogens (primary N) is 1. The normalized spacial score (nSPS) is 36.9. The smallest absolute Gasteiger partial charge is 0.138 e. The molecule has 1 aromatic heterocycles. The van der Waals surface area contributed by atoms with Crippen molar-refractivity contribution in [2.45, 2.75) is 18.9 Å². The van der Waals surface area contributed by atoms with Gasteiger partial charge in [0.1, 0.15) is 17.7 Å². The van der Waals surface area contributed by atoms with E-state index in [4.69, 9.17) is 10.5 Å². The molecule has 1 aromatic rings. The fraction of sp³-hybridized carbons (Fsp3) is 0.643. The molecule has 112 valence electrons. The highest BCUT2D eigenvalue weighted by molar-refractivity contribution is 5.85. The molecule has 1 aliphatic carbocycles. The molecule has 1 saturated carbocycles. The Morgan fingerprint density at radius 1 is 1.10 bits per heavy atom. The Labute approximate surface area is 131 Å². The molecule has 0 spiro atoms. The van der Waals surface area contributed by atoms with Crippen LogP contribution in [0.2, 0.25) is 0 Å². The number of piperidine rings is 3. The predicted molar refractivity (Wildman–Crippen MR) is 83.7 cm³/mol. The monoisotopic (exact) mass is 317 g/mol. The quantitative estimate of drug-likeness (QED) is 0.908. The van der Waals surface area contributed by atoms with Crippen molar-refractivity contribution in [2.24, 2.45) is 17.8 Å². The molecular weight excluding hydrogens is 297 g/mol. The van der Waals surface area contributed by atoms with Gasteiger partial charge in [-0.15, -0.1) is 24.8 Å². The Morgan fingerprint density at radius 2 is 1.80 bits per heavy atom. The zero-order valence-electron chi connectivity index (χ0n) is 11.3. The van der Waals surface area contributed by atoms with Crippen molar-refractivity contribution >= 4 is 30.6 Å². The van der Waals surface area contributed by atoms with Gasteiger partial charge < -0.3 is 15.4 Å². The van der Waals surface area contributed by atoms with Gasteiger partial charge in [0.2, 0.25) is 0 Å². The zero-order chi connectivity index (χ0) is 12.1. The fourth-order valence-corrected chi connectivity index (χ4v) is 4.17. The fourth-order valence-electron chi connectivity index (χ4n) is 4.17. The summed E-state index contributed by atoms with van der Waals surface area (Å²) in [6, 6.07) is 3.75. The average molecular weight is 318 g/mol. The lowest BCUT2D eigenvalue weighted by molar-refractivity contribution is -0.0985. The minimum atomic E-state index is 0. The molecule has 20 heavy (non-hydrogen) atoms. The topological polar surface area (TPSA) is 51.4 Å². The van der Waals surface area contributed by atoms with Gasteiger partial charge in [-0.1, -0.05) is 0 Å². The first-order valence-corrected chi connectivity index (χ1v) is 6.88.